The lowest BCUT2D eigenvalue weighted by molar-refractivity contribution is -0.144. The Hall–Kier alpha value is -6.06. The van der Waals surface area contributed by atoms with Crippen LogP contribution in [0.15, 0.2) is 54.7 Å². The highest BCUT2D eigenvalue weighted by atomic mass is 16.5. The number of benzene rings is 3. The van der Waals surface area contributed by atoms with Gasteiger partial charge in [0.1, 0.15) is 17.3 Å². The molecule has 0 aliphatic carbocycles. The Morgan fingerprint density at radius 1 is 0.766 bits per heavy atom. The summed E-state index contributed by atoms with van der Waals surface area (Å²) in [5, 5.41) is 29.0. The van der Waals surface area contributed by atoms with E-state index >= 15 is 0 Å². The number of ether oxygens (including phenoxy) is 1. The first-order valence-electron chi connectivity index (χ1n) is 23.0. The van der Waals surface area contributed by atoms with E-state index in [9.17, 15) is 24.6 Å². The number of aromatic amines is 1. The minimum atomic E-state index is -0.253. The zero-order valence-corrected chi connectivity index (χ0v) is 36.8. The van der Waals surface area contributed by atoms with Crippen LogP contribution in [0.4, 0.5) is 5.82 Å². The third-order valence-corrected chi connectivity index (χ3v) is 14.1. The Morgan fingerprint density at radius 2 is 1.50 bits per heavy atom. The fourth-order valence-electron chi connectivity index (χ4n) is 10.4. The molecular formula is C49H57N9O6. The van der Waals surface area contributed by atoms with E-state index in [1.54, 1.807) is 17.2 Å². The van der Waals surface area contributed by atoms with E-state index in [0.717, 1.165) is 90.2 Å². The maximum Gasteiger partial charge on any atom is 0.258 e. The molecule has 3 aromatic carbocycles. The van der Waals surface area contributed by atoms with Crippen molar-refractivity contribution in [2.75, 3.05) is 63.9 Å². The van der Waals surface area contributed by atoms with Crippen LogP contribution in [0.1, 0.15) is 89.3 Å². The molecule has 334 valence electrons. The quantitative estimate of drug-likeness (QED) is 0.178. The number of phenolic OH excluding ortho intramolecular Hbond substituents is 2. The summed E-state index contributed by atoms with van der Waals surface area (Å²) < 4.78 is 5.66. The molecule has 5 aromatic rings. The van der Waals surface area contributed by atoms with Gasteiger partial charge in [-0.15, -0.1) is 0 Å². The van der Waals surface area contributed by atoms with E-state index in [0.29, 0.717) is 83.1 Å². The normalized spacial score (nSPS) is 18.8. The fourth-order valence-corrected chi connectivity index (χ4v) is 10.4. The number of nitrogens with zero attached hydrogens (tertiary/aromatic N) is 8. The lowest BCUT2D eigenvalue weighted by Gasteiger charge is -2.39. The number of rotatable bonds is 8. The Balaban J connectivity index is 0.717. The molecule has 0 spiro atoms. The second-order valence-corrected chi connectivity index (χ2v) is 18.6. The summed E-state index contributed by atoms with van der Waals surface area (Å²) in [5.41, 5.74) is 8.10. The van der Waals surface area contributed by atoms with Crippen molar-refractivity contribution < 1.29 is 29.3 Å². The third kappa shape index (κ3) is 8.26. The van der Waals surface area contributed by atoms with Crippen LogP contribution >= 0.6 is 0 Å². The molecule has 5 aliphatic rings. The second kappa shape index (κ2) is 17.5. The number of H-pyrrole nitrogens is 1. The smallest absolute Gasteiger partial charge is 0.258 e. The number of amides is 3. The van der Waals surface area contributed by atoms with Crippen molar-refractivity contribution in [3.05, 3.63) is 93.8 Å². The highest BCUT2D eigenvalue weighted by Gasteiger charge is 2.36. The first-order chi connectivity index (χ1) is 31.1. The van der Waals surface area contributed by atoms with Gasteiger partial charge in [-0.3, -0.25) is 24.4 Å². The number of likely N-dealkylation sites (tertiary alicyclic amines) is 2. The molecule has 0 unspecified atom stereocenters. The van der Waals surface area contributed by atoms with Crippen LogP contribution in [-0.4, -0.2) is 127 Å². The molecule has 3 fully saturated rings. The van der Waals surface area contributed by atoms with Gasteiger partial charge in [-0.05, 0) is 97.6 Å². The van der Waals surface area contributed by atoms with Crippen molar-refractivity contribution in [2.45, 2.75) is 78.0 Å². The molecule has 0 radical (unpaired) electrons. The molecule has 15 heteroatoms. The Morgan fingerprint density at radius 3 is 2.27 bits per heavy atom. The minimum absolute atomic E-state index is 0.00728. The molecule has 7 heterocycles. The van der Waals surface area contributed by atoms with Crippen LogP contribution in [0.3, 0.4) is 0 Å². The first kappa shape index (κ1) is 41.9. The van der Waals surface area contributed by atoms with Crippen molar-refractivity contribution in [1.82, 2.24) is 39.8 Å². The van der Waals surface area contributed by atoms with Gasteiger partial charge in [0.2, 0.25) is 11.8 Å². The molecule has 64 heavy (non-hydrogen) atoms. The summed E-state index contributed by atoms with van der Waals surface area (Å²) in [6.45, 7) is 12.4. The summed E-state index contributed by atoms with van der Waals surface area (Å²) in [6.07, 6.45) is 5.45. The summed E-state index contributed by atoms with van der Waals surface area (Å²) >= 11 is 0. The highest BCUT2D eigenvalue weighted by molar-refractivity contribution is 5.97. The maximum absolute atomic E-state index is 14.1. The molecule has 10 rings (SSSR count). The number of hydrogen-bond acceptors (Lipinski definition) is 11. The number of morpholine rings is 1. The molecule has 3 N–H and O–H groups in total. The summed E-state index contributed by atoms with van der Waals surface area (Å²) in [6, 6.07) is 15.4. The van der Waals surface area contributed by atoms with Crippen LogP contribution in [0.2, 0.25) is 0 Å². The second-order valence-electron chi connectivity index (χ2n) is 18.6. The summed E-state index contributed by atoms with van der Waals surface area (Å²) in [4.78, 5) is 62.1. The fraction of sp³-hybridized carbons (Fsp3) is 0.469. The topological polar surface area (TPSA) is 172 Å². The minimum Gasteiger partial charge on any atom is -0.508 e. The van der Waals surface area contributed by atoms with Crippen molar-refractivity contribution in [3.63, 3.8) is 0 Å². The maximum atomic E-state index is 14.1. The van der Waals surface area contributed by atoms with Gasteiger partial charge < -0.3 is 34.5 Å². The van der Waals surface area contributed by atoms with Gasteiger partial charge >= 0.3 is 0 Å². The number of anilines is 1. The number of aromatic hydroxyl groups is 2. The van der Waals surface area contributed by atoms with Crippen LogP contribution in [0, 0.1) is 11.8 Å². The predicted octanol–water partition coefficient (Wildman–Crippen LogP) is 5.58. The van der Waals surface area contributed by atoms with Crippen LogP contribution in [-0.2, 0) is 46.9 Å². The standard InChI is InChI=1S/C49H57N9O6/c1-30(2)39-23-40(44(60)24-43(39)59)49(63)58-27-35-4-3-31(21-37(35)28-58)26-54-12-7-32(8-13-54)47(61)56-14-9-33(10-15-56)48(62)57-16-11-38-42(29-57)51-45(52-46(38)55-17-19-64-20-18-55)34-5-6-41-36(22-34)25-50-53-41/h3-6,21-25,30,32-33,59-60H,7-20,26-29H2,1-2H3,(H,50,53). The Labute approximate surface area is 373 Å². The molecule has 3 saturated heterocycles. The van der Waals surface area contributed by atoms with Gasteiger partial charge in [-0.25, -0.2) is 9.97 Å². The number of nitrogens with one attached hydrogen (secondary N) is 1. The zero-order chi connectivity index (χ0) is 44.1. The lowest BCUT2D eigenvalue weighted by atomic mass is 9.90. The predicted molar refractivity (Wildman–Crippen MR) is 240 cm³/mol. The number of fused-ring (bicyclic) bond motifs is 3. The monoisotopic (exact) mass is 867 g/mol. The number of phenols is 2. The van der Waals surface area contributed by atoms with E-state index in [4.69, 9.17) is 14.7 Å². The van der Waals surface area contributed by atoms with Crippen molar-refractivity contribution in [3.8, 4) is 22.9 Å². The van der Waals surface area contributed by atoms with Crippen LogP contribution < -0.4 is 4.90 Å². The summed E-state index contributed by atoms with van der Waals surface area (Å²) in [7, 11) is 0. The number of hydrogen-bond donors (Lipinski definition) is 3. The first-order valence-corrected chi connectivity index (χ1v) is 23.0. The van der Waals surface area contributed by atoms with Crippen LogP contribution in [0.5, 0.6) is 11.5 Å². The van der Waals surface area contributed by atoms with E-state index in [1.165, 1.54) is 11.6 Å². The van der Waals surface area contributed by atoms with E-state index in [-0.39, 0.29) is 52.5 Å². The average Bonchev–Trinajstić information content (AvgIpc) is 3.98. The number of carbonyl (C=O) groups excluding carboxylic acids is 3. The van der Waals surface area contributed by atoms with Gasteiger partial charge in [-0.2, -0.15) is 5.10 Å². The Kier molecular flexibility index (Phi) is 11.5. The molecule has 0 saturated carbocycles. The molecule has 5 aliphatic heterocycles. The molecule has 3 amide bonds. The molecule has 2 aromatic heterocycles. The number of aromatic nitrogens is 4. The van der Waals surface area contributed by atoms with Gasteiger partial charge in [-0.1, -0.05) is 32.0 Å². The van der Waals surface area contributed by atoms with Gasteiger partial charge in [0.05, 0.1) is 42.7 Å². The molecule has 15 nitrogen and oxygen atoms in total. The zero-order valence-electron chi connectivity index (χ0n) is 36.8. The van der Waals surface area contributed by atoms with Crippen LogP contribution in [0.25, 0.3) is 22.3 Å². The molecular weight excluding hydrogens is 811 g/mol. The van der Waals surface area contributed by atoms with Gasteiger partial charge in [0.25, 0.3) is 5.91 Å². The van der Waals surface area contributed by atoms with E-state index in [1.807, 2.05) is 35.8 Å². The molecule has 0 atom stereocenters. The van der Waals surface area contributed by atoms with Crippen molar-refractivity contribution in [1.29, 1.82) is 0 Å². The largest absolute Gasteiger partial charge is 0.508 e. The van der Waals surface area contributed by atoms with Gasteiger partial charge in [0, 0.05) is 86.8 Å². The number of piperidine rings is 2. The Bertz CT molecular complexity index is 2590. The van der Waals surface area contributed by atoms with E-state index in [2.05, 4.69) is 44.3 Å². The third-order valence-electron chi connectivity index (χ3n) is 14.1. The lowest BCUT2D eigenvalue weighted by Crippen LogP contribution is -2.48. The summed E-state index contributed by atoms with van der Waals surface area (Å²) in [5.74, 6) is 1.36. The number of carbonyl (C=O) groups is 3. The average molecular weight is 868 g/mol. The highest BCUT2D eigenvalue weighted by Crippen LogP contribution is 2.36. The van der Waals surface area contributed by atoms with Crippen molar-refractivity contribution >= 4 is 34.4 Å². The van der Waals surface area contributed by atoms with Gasteiger partial charge in [0.15, 0.2) is 5.82 Å². The molecule has 0 bridgehead atoms. The van der Waals surface area contributed by atoms with Crippen molar-refractivity contribution in [2.24, 2.45) is 11.8 Å². The van der Waals surface area contributed by atoms with E-state index < -0.39 is 0 Å². The SMILES string of the molecule is CC(C)c1cc(C(=O)N2Cc3ccc(CN4CCC(C(=O)N5CCC(C(=O)N6CCc7c(nc(-c8ccc9[nH]ncc9c8)nc7N7CCOCC7)C6)CC5)CC4)cc3C2)c(O)cc1O.